The van der Waals surface area contributed by atoms with Crippen LogP contribution in [0.5, 0.6) is 0 Å². The summed E-state index contributed by atoms with van der Waals surface area (Å²) >= 11 is 3.47. The van der Waals surface area contributed by atoms with Gasteiger partial charge in [-0.25, -0.2) is 0 Å². The van der Waals surface area contributed by atoms with Crippen molar-refractivity contribution in [2.24, 2.45) is 5.92 Å². The molecule has 1 fully saturated rings. The smallest absolute Gasteiger partial charge is 0.224 e. The van der Waals surface area contributed by atoms with Crippen molar-refractivity contribution in [1.29, 1.82) is 0 Å². The van der Waals surface area contributed by atoms with E-state index < -0.39 is 0 Å². The molecule has 0 aromatic heterocycles. The SMILES string of the molecule is Cc1c(Br)cccc1NC(=O)CC1CCNCC1.Cl. The lowest BCUT2D eigenvalue weighted by Gasteiger charge is -2.22. The maximum atomic E-state index is 12.0. The van der Waals surface area contributed by atoms with Crippen molar-refractivity contribution in [3.8, 4) is 0 Å². The Bertz CT molecular complexity index is 433. The highest BCUT2D eigenvalue weighted by molar-refractivity contribution is 9.10. The minimum Gasteiger partial charge on any atom is -0.326 e. The second kappa shape index (κ2) is 7.88. The van der Waals surface area contributed by atoms with Crippen molar-refractivity contribution in [2.75, 3.05) is 18.4 Å². The van der Waals surface area contributed by atoms with E-state index >= 15 is 0 Å². The molecule has 19 heavy (non-hydrogen) atoms. The molecule has 1 aliphatic rings. The predicted molar refractivity (Wildman–Crippen MR) is 85.0 cm³/mol. The first-order valence-electron chi connectivity index (χ1n) is 6.42. The van der Waals surface area contributed by atoms with Crippen molar-refractivity contribution in [3.63, 3.8) is 0 Å². The molecule has 3 nitrogen and oxygen atoms in total. The molecule has 2 rings (SSSR count). The number of carbonyl (C=O) groups excluding carboxylic acids is 1. The zero-order chi connectivity index (χ0) is 13.0. The van der Waals surface area contributed by atoms with E-state index in [4.69, 9.17) is 0 Å². The summed E-state index contributed by atoms with van der Waals surface area (Å²) in [5.74, 6) is 0.654. The number of anilines is 1. The van der Waals surface area contributed by atoms with Gasteiger partial charge in [-0.15, -0.1) is 12.4 Å². The Morgan fingerprint density at radius 3 is 2.79 bits per heavy atom. The number of benzene rings is 1. The van der Waals surface area contributed by atoms with E-state index in [1.807, 2.05) is 25.1 Å². The van der Waals surface area contributed by atoms with Crippen molar-refractivity contribution >= 4 is 39.9 Å². The van der Waals surface area contributed by atoms with Crippen LogP contribution in [0, 0.1) is 12.8 Å². The number of hydrogen-bond donors (Lipinski definition) is 2. The summed E-state index contributed by atoms with van der Waals surface area (Å²) in [5.41, 5.74) is 1.99. The summed E-state index contributed by atoms with van der Waals surface area (Å²) in [6.45, 7) is 4.08. The van der Waals surface area contributed by atoms with Crippen LogP contribution in [-0.4, -0.2) is 19.0 Å². The van der Waals surface area contributed by atoms with E-state index in [-0.39, 0.29) is 18.3 Å². The van der Waals surface area contributed by atoms with Gasteiger partial charge in [0, 0.05) is 16.6 Å². The Hall–Kier alpha value is -0.580. The molecule has 0 bridgehead atoms. The van der Waals surface area contributed by atoms with Crippen LogP contribution < -0.4 is 10.6 Å². The minimum absolute atomic E-state index is 0. The third kappa shape index (κ3) is 4.79. The zero-order valence-corrected chi connectivity index (χ0v) is 13.4. The highest BCUT2D eigenvalue weighted by Crippen LogP contribution is 2.24. The lowest BCUT2D eigenvalue weighted by Crippen LogP contribution is -2.30. The van der Waals surface area contributed by atoms with Gasteiger partial charge in [0.15, 0.2) is 0 Å². The molecule has 0 unspecified atom stereocenters. The molecular weight excluding hydrogens is 328 g/mol. The molecule has 2 N–H and O–H groups in total. The first kappa shape index (κ1) is 16.5. The van der Waals surface area contributed by atoms with Gasteiger partial charge in [-0.1, -0.05) is 22.0 Å². The molecule has 0 radical (unpaired) electrons. The standard InChI is InChI=1S/C14H19BrN2O.ClH/c1-10-12(15)3-2-4-13(10)17-14(18)9-11-5-7-16-8-6-11;/h2-4,11,16H,5-9H2,1H3,(H,17,18);1H. The lowest BCUT2D eigenvalue weighted by molar-refractivity contribution is -0.117. The highest BCUT2D eigenvalue weighted by Gasteiger charge is 2.17. The van der Waals surface area contributed by atoms with Crippen LogP contribution in [0.2, 0.25) is 0 Å². The number of carbonyl (C=O) groups is 1. The zero-order valence-electron chi connectivity index (χ0n) is 11.0. The van der Waals surface area contributed by atoms with Crippen molar-refractivity contribution in [1.82, 2.24) is 5.32 Å². The molecule has 0 spiro atoms. The van der Waals surface area contributed by atoms with E-state index in [0.29, 0.717) is 12.3 Å². The van der Waals surface area contributed by atoms with Crippen LogP contribution in [0.1, 0.15) is 24.8 Å². The van der Waals surface area contributed by atoms with Crippen LogP contribution in [0.4, 0.5) is 5.69 Å². The van der Waals surface area contributed by atoms with E-state index in [9.17, 15) is 4.79 Å². The number of piperidine rings is 1. The third-order valence-electron chi connectivity index (χ3n) is 3.47. The topological polar surface area (TPSA) is 41.1 Å². The molecule has 1 heterocycles. The number of amides is 1. The predicted octanol–water partition coefficient (Wildman–Crippen LogP) is 3.51. The second-order valence-corrected chi connectivity index (χ2v) is 5.71. The number of rotatable bonds is 3. The fraction of sp³-hybridized carbons (Fsp3) is 0.500. The molecule has 1 aromatic carbocycles. The molecule has 106 valence electrons. The number of nitrogens with one attached hydrogen (secondary N) is 2. The van der Waals surface area contributed by atoms with Crippen LogP contribution in [0.3, 0.4) is 0 Å². The number of hydrogen-bond acceptors (Lipinski definition) is 2. The van der Waals surface area contributed by atoms with Crippen molar-refractivity contribution < 1.29 is 4.79 Å². The Labute approximate surface area is 129 Å². The highest BCUT2D eigenvalue weighted by atomic mass is 79.9. The molecule has 1 aliphatic heterocycles. The van der Waals surface area contributed by atoms with Gasteiger partial charge in [-0.05, 0) is 56.5 Å². The summed E-state index contributed by atoms with van der Waals surface area (Å²) in [5, 5.41) is 6.33. The minimum atomic E-state index is 0. The van der Waals surface area contributed by atoms with Gasteiger partial charge in [0.2, 0.25) is 5.91 Å². The van der Waals surface area contributed by atoms with Crippen molar-refractivity contribution in [2.45, 2.75) is 26.2 Å². The lowest BCUT2D eigenvalue weighted by atomic mass is 9.94. The summed E-state index contributed by atoms with van der Waals surface area (Å²) < 4.78 is 1.03. The monoisotopic (exact) mass is 346 g/mol. The van der Waals surface area contributed by atoms with Gasteiger partial charge in [0.05, 0.1) is 0 Å². The normalized spacial score (nSPS) is 15.7. The maximum Gasteiger partial charge on any atom is 0.224 e. The molecule has 5 heteroatoms. The van der Waals surface area contributed by atoms with E-state index in [1.54, 1.807) is 0 Å². The molecule has 1 aromatic rings. The van der Waals surface area contributed by atoms with Gasteiger partial charge in [0.1, 0.15) is 0 Å². The van der Waals surface area contributed by atoms with Crippen LogP contribution in [0.15, 0.2) is 22.7 Å². The van der Waals surface area contributed by atoms with Gasteiger partial charge in [-0.3, -0.25) is 4.79 Å². The molecule has 0 atom stereocenters. The summed E-state index contributed by atoms with van der Waals surface area (Å²) in [7, 11) is 0. The van der Waals surface area contributed by atoms with Crippen LogP contribution in [-0.2, 0) is 4.79 Å². The van der Waals surface area contributed by atoms with Gasteiger partial charge in [-0.2, -0.15) is 0 Å². The summed E-state index contributed by atoms with van der Waals surface area (Å²) in [4.78, 5) is 12.0. The quantitative estimate of drug-likeness (QED) is 0.878. The van der Waals surface area contributed by atoms with Crippen molar-refractivity contribution in [3.05, 3.63) is 28.2 Å². The Balaban J connectivity index is 0.00000180. The first-order chi connectivity index (χ1) is 8.66. The fourth-order valence-corrected chi connectivity index (χ4v) is 2.66. The van der Waals surface area contributed by atoms with E-state index in [1.165, 1.54) is 0 Å². The molecule has 0 aliphatic carbocycles. The van der Waals surface area contributed by atoms with Gasteiger partial charge >= 0.3 is 0 Å². The van der Waals surface area contributed by atoms with Gasteiger partial charge in [0.25, 0.3) is 0 Å². The molecule has 1 amide bonds. The average molecular weight is 348 g/mol. The van der Waals surface area contributed by atoms with Crippen LogP contribution >= 0.6 is 28.3 Å². The first-order valence-corrected chi connectivity index (χ1v) is 7.22. The van der Waals surface area contributed by atoms with E-state index in [0.717, 1.165) is 41.7 Å². The van der Waals surface area contributed by atoms with E-state index in [2.05, 4.69) is 26.6 Å². The largest absolute Gasteiger partial charge is 0.326 e. The Morgan fingerprint density at radius 2 is 2.11 bits per heavy atom. The molecular formula is C14H20BrClN2O. The second-order valence-electron chi connectivity index (χ2n) is 4.86. The average Bonchev–Trinajstić information content (AvgIpc) is 2.36. The fourth-order valence-electron chi connectivity index (χ4n) is 2.29. The molecule has 0 saturated carbocycles. The third-order valence-corrected chi connectivity index (χ3v) is 4.33. The Kier molecular flexibility index (Phi) is 6.83. The molecule has 1 saturated heterocycles. The number of halogens is 2. The maximum absolute atomic E-state index is 12.0. The Morgan fingerprint density at radius 1 is 1.42 bits per heavy atom. The van der Waals surface area contributed by atoms with Crippen LogP contribution in [0.25, 0.3) is 0 Å². The summed E-state index contributed by atoms with van der Waals surface area (Å²) in [6, 6.07) is 5.87. The summed E-state index contributed by atoms with van der Waals surface area (Å²) in [6.07, 6.45) is 2.84. The van der Waals surface area contributed by atoms with Gasteiger partial charge < -0.3 is 10.6 Å².